The van der Waals surface area contributed by atoms with Crippen LogP contribution >= 0.6 is 0 Å². The molecule has 1 atom stereocenters. The molecule has 1 aliphatic rings. The van der Waals surface area contributed by atoms with Gasteiger partial charge in [-0.3, -0.25) is 4.79 Å². The standard InChI is InChI=1S/C10H12O2/c1-2-3-9-6-8(7-11)4-5-10(9)12/h2,4-5,7,9,11H,1,3,6H2. The third kappa shape index (κ3) is 1.84. The maximum absolute atomic E-state index is 11.2. The molecule has 1 N–H and O–H groups in total. The van der Waals surface area contributed by atoms with Gasteiger partial charge in [0.25, 0.3) is 0 Å². The Hall–Kier alpha value is -1.31. The predicted octanol–water partition coefficient (Wildman–Crippen LogP) is 2.15. The minimum Gasteiger partial charge on any atom is -0.515 e. The van der Waals surface area contributed by atoms with E-state index in [2.05, 4.69) is 6.58 Å². The summed E-state index contributed by atoms with van der Waals surface area (Å²) in [5, 5.41) is 8.71. The first kappa shape index (κ1) is 8.78. The van der Waals surface area contributed by atoms with E-state index in [-0.39, 0.29) is 11.7 Å². The van der Waals surface area contributed by atoms with Crippen molar-refractivity contribution < 1.29 is 9.90 Å². The monoisotopic (exact) mass is 164 g/mol. The van der Waals surface area contributed by atoms with Crippen molar-refractivity contribution in [2.45, 2.75) is 12.8 Å². The molecule has 0 amide bonds. The summed E-state index contributed by atoms with van der Waals surface area (Å²) < 4.78 is 0. The molecule has 0 fully saturated rings. The number of rotatable bonds is 2. The number of carbonyl (C=O) groups is 1. The van der Waals surface area contributed by atoms with Crippen LogP contribution in [0.1, 0.15) is 12.8 Å². The van der Waals surface area contributed by atoms with Crippen LogP contribution in [0.4, 0.5) is 0 Å². The Bertz CT molecular complexity index is 249. The van der Waals surface area contributed by atoms with Gasteiger partial charge in [-0.05, 0) is 24.5 Å². The molecule has 0 aromatic heterocycles. The van der Waals surface area contributed by atoms with Gasteiger partial charge in [0.15, 0.2) is 5.78 Å². The first-order valence-corrected chi connectivity index (χ1v) is 3.94. The van der Waals surface area contributed by atoms with Gasteiger partial charge in [-0.15, -0.1) is 6.58 Å². The average molecular weight is 164 g/mol. The maximum Gasteiger partial charge on any atom is 0.159 e. The second kappa shape index (κ2) is 3.90. The van der Waals surface area contributed by atoms with Crippen molar-refractivity contribution in [3.63, 3.8) is 0 Å². The average Bonchev–Trinajstić information content (AvgIpc) is 2.09. The molecule has 64 valence electrons. The summed E-state index contributed by atoms with van der Waals surface area (Å²) in [4.78, 5) is 11.2. The lowest BCUT2D eigenvalue weighted by molar-refractivity contribution is -0.118. The van der Waals surface area contributed by atoms with Gasteiger partial charge in [-0.1, -0.05) is 12.2 Å². The van der Waals surface area contributed by atoms with Crippen LogP contribution in [0.15, 0.2) is 36.6 Å². The summed E-state index contributed by atoms with van der Waals surface area (Å²) in [5.74, 6) is 0.103. The third-order valence-electron chi connectivity index (χ3n) is 1.96. The zero-order valence-electron chi connectivity index (χ0n) is 6.86. The van der Waals surface area contributed by atoms with E-state index in [0.29, 0.717) is 12.8 Å². The highest BCUT2D eigenvalue weighted by molar-refractivity contribution is 5.93. The smallest absolute Gasteiger partial charge is 0.159 e. The number of hydrogen-bond donors (Lipinski definition) is 1. The fourth-order valence-corrected chi connectivity index (χ4v) is 1.27. The SMILES string of the molecule is C=CCC1CC(=CO)C=CC1=O. The van der Waals surface area contributed by atoms with Crippen molar-refractivity contribution in [3.05, 3.63) is 36.6 Å². The largest absolute Gasteiger partial charge is 0.515 e. The van der Waals surface area contributed by atoms with Crippen molar-refractivity contribution >= 4 is 5.78 Å². The van der Waals surface area contributed by atoms with Gasteiger partial charge in [-0.25, -0.2) is 0 Å². The van der Waals surface area contributed by atoms with Gasteiger partial charge in [0.1, 0.15) is 0 Å². The Balaban J connectivity index is 2.72. The highest BCUT2D eigenvalue weighted by Crippen LogP contribution is 2.22. The molecule has 0 aromatic rings. The molecule has 0 aromatic carbocycles. The van der Waals surface area contributed by atoms with E-state index in [4.69, 9.17) is 5.11 Å². The Labute approximate surface area is 71.9 Å². The molecule has 1 aliphatic carbocycles. The lowest BCUT2D eigenvalue weighted by atomic mass is 9.88. The summed E-state index contributed by atoms with van der Waals surface area (Å²) in [6, 6.07) is 0. The van der Waals surface area contributed by atoms with Gasteiger partial charge >= 0.3 is 0 Å². The minimum atomic E-state index is -0.0223. The molecule has 0 bridgehead atoms. The topological polar surface area (TPSA) is 37.3 Å². The molecular weight excluding hydrogens is 152 g/mol. The number of hydrogen-bond acceptors (Lipinski definition) is 2. The van der Waals surface area contributed by atoms with Crippen molar-refractivity contribution in [3.8, 4) is 0 Å². The molecule has 0 saturated carbocycles. The van der Waals surface area contributed by atoms with E-state index >= 15 is 0 Å². The van der Waals surface area contributed by atoms with E-state index in [1.54, 1.807) is 12.2 Å². The lowest BCUT2D eigenvalue weighted by Crippen LogP contribution is -2.15. The van der Waals surface area contributed by atoms with Crippen LogP contribution in [-0.2, 0) is 4.79 Å². The van der Waals surface area contributed by atoms with Crippen LogP contribution in [0.5, 0.6) is 0 Å². The molecule has 0 radical (unpaired) electrons. The summed E-state index contributed by atoms with van der Waals surface area (Å²) >= 11 is 0. The van der Waals surface area contributed by atoms with Crippen LogP contribution in [0.25, 0.3) is 0 Å². The van der Waals surface area contributed by atoms with Gasteiger partial charge < -0.3 is 5.11 Å². The van der Waals surface area contributed by atoms with Crippen LogP contribution < -0.4 is 0 Å². The number of allylic oxidation sites excluding steroid dienone is 4. The van der Waals surface area contributed by atoms with E-state index in [1.165, 1.54) is 6.08 Å². The molecule has 2 nitrogen and oxygen atoms in total. The summed E-state index contributed by atoms with van der Waals surface area (Å²) in [6.07, 6.45) is 7.26. The minimum absolute atomic E-state index is 0.0223. The Morgan fingerprint density at radius 3 is 3.00 bits per heavy atom. The second-order valence-electron chi connectivity index (χ2n) is 2.87. The quantitative estimate of drug-likeness (QED) is 0.501. The number of ketones is 1. The predicted molar refractivity (Wildman–Crippen MR) is 47.8 cm³/mol. The molecule has 1 rings (SSSR count). The van der Waals surface area contributed by atoms with E-state index in [1.807, 2.05) is 0 Å². The summed E-state index contributed by atoms with van der Waals surface area (Å²) in [6.45, 7) is 3.58. The molecule has 0 aliphatic heterocycles. The fraction of sp³-hybridized carbons (Fsp3) is 0.300. The van der Waals surface area contributed by atoms with Crippen LogP contribution in [0, 0.1) is 5.92 Å². The Morgan fingerprint density at radius 1 is 1.67 bits per heavy atom. The summed E-state index contributed by atoms with van der Waals surface area (Å²) in [5.41, 5.74) is 0.807. The molecule has 0 spiro atoms. The lowest BCUT2D eigenvalue weighted by Gasteiger charge is -2.15. The molecule has 2 heteroatoms. The zero-order valence-corrected chi connectivity index (χ0v) is 6.86. The fourth-order valence-electron chi connectivity index (χ4n) is 1.27. The molecule has 0 heterocycles. The molecular formula is C10H12O2. The second-order valence-corrected chi connectivity index (χ2v) is 2.87. The van der Waals surface area contributed by atoms with Crippen molar-refractivity contribution in [2.75, 3.05) is 0 Å². The highest BCUT2D eigenvalue weighted by Gasteiger charge is 2.19. The molecule has 1 unspecified atom stereocenters. The van der Waals surface area contributed by atoms with Gasteiger partial charge in [-0.2, -0.15) is 0 Å². The Kier molecular flexibility index (Phi) is 2.86. The van der Waals surface area contributed by atoms with Crippen molar-refractivity contribution in [1.29, 1.82) is 0 Å². The zero-order chi connectivity index (χ0) is 8.97. The van der Waals surface area contributed by atoms with Crippen LogP contribution in [-0.4, -0.2) is 10.9 Å². The number of aliphatic hydroxyl groups is 1. The van der Waals surface area contributed by atoms with Crippen molar-refractivity contribution in [2.24, 2.45) is 5.92 Å². The molecule has 0 saturated heterocycles. The molecule has 12 heavy (non-hydrogen) atoms. The highest BCUT2D eigenvalue weighted by atomic mass is 16.2. The maximum atomic E-state index is 11.2. The number of carbonyl (C=O) groups excluding carboxylic acids is 1. The van der Waals surface area contributed by atoms with Gasteiger partial charge in [0.2, 0.25) is 0 Å². The normalized spacial score (nSPS) is 26.2. The number of aliphatic hydroxyl groups excluding tert-OH is 1. The first-order chi connectivity index (χ1) is 5.77. The van der Waals surface area contributed by atoms with Gasteiger partial charge in [0, 0.05) is 5.92 Å². The van der Waals surface area contributed by atoms with Gasteiger partial charge in [0.05, 0.1) is 6.26 Å². The van der Waals surface area contributed by atoms with Crippen molar-refractivity contribution in [1.82, 2.24) is 0 Å². The first-order valence-electron chi connectivity index (χ1n) is 3.94. The summed E-state index contributed by atoms with van der Waals surface area (Å²) in [7, 11) is 0. The van der Waals surface area contributed by atoms with Crippen LogP contribution in [0.3, 0.4) is 0 Å². The van der Waals surface area contributed by atoms with E-state index in [9.17, 15) is 4.79 Å². The van der Waals surface area contributed by atoms with E-state index in [0.717, 1.165) is 11.8 Å². The third-order valence-corrected chi connectivity index (χ3v) is 1.96. The van der Waals surface area contributed by atoms with Crippen LogP contribution in [0.2, 0.25) is 0 Å². The van der Waals surface area contributed by atoms with E-state index < -0.39 is 0 Å². The Morgan fingerprint density at radius 2 is 2.42 bits per heavy atom.